The minimum absolute atomic E-state index is 1.16. The molecule has 3 rings (SSSR count). The largest absolute Gasteiger partial charge is 0.0620 e. The highest BCUT2D eigenvalue weighted by atomic mass is 14.1. The minimum atomic E-state index is 1.16. The van der Waals surface area contributed by atoms with Crippen molar-refractivity contribution in [3.05, 3.63) is 83.9 Å². The van der Waals surface area contributed by atoms with Gasteiger partial charge in [0.15, 0.2) is 0 Å². The van der Waals surface area contributed by atoms with Crippen LogP contribution in [0.5, 0.6) is 0 Å². The molecule has 0 unspecified atom stereocenters. The Morgan fingerprint density at radius 2 is 1.00 bits per heavy atom. The second-order valence-corrected chi connectivity index (χ2v) is 5.11. The van der Waals surface area contributed by atoms with E-state index >= 15 is 0 Å². The molecule has 0 saturated carbocycles. The van der Waals surface area contributed by atoms with Gasteiger partial charge in [-0.2, -0.15) is 0 Å². The lowest BCUT2D eigenvalue weighted by Crippen LogP contribution is -1.86. The monoisotopic (exact) mass is 257 g/mol. The molecular formula is C20H17. The summed E-state index contributed by atoms with van der Waals surface area (Å²) in [4.78, 5) is 0. The van der Waals surface area contributed by atoms with Crippen LogP contribution in [-0.2, 0) is 0 Å². The first-order valence-corrected chi connectivity index (χ1v) is 6.90. The van der Waals surface area contributed by atoms with E-state index in [9.17, 15) is 0 Å². The summed E-state index contributed by atoms with van der Waals surface area (Å²) in [6, 6.07) is 26.8. The van der Waals surface area contributed by atoms with Crippen molar-refractivity contribution in [3.63, 3.8) is 0 Å². The maximum absolute atomic E-state index is 3.56. The second-order valence-electron chi connectivity index (χ2n) is 5.11. The Morgan fingerprint density at radius 3 is 1.45 bits per heavy atom. The number of hydrogen-bond donors (Lipinski definition) is 0. The second kappa shape index (κ2) is 5.34. The molecule has 3 aromatic carbocycles. The standard InChI is InChI=1S/C20H17/c1-15-8-3-5-12-19(15)17-10-7-11-18(14-17)20-13-6-4-9-16(20)2/h3-13H,1-2H3. The predicted octanol–water partition coefficient (Wildman–Crippen LogP) is 5.44. The van der Waals surface area contributed by atoms with Crippen molar-refractivity contribution in [2.24, 2.45) is 0 Å². The van der Waals surface area contributed by atoms with E-state index in [2.05, 4.69) is 86.6 Å². The fourth-order valence-corrected chi connectivity index (χ4v) is 2.53. The van der Waals surface area contributed by atoms with Crippen molar-refractivity contribution in [1.29, 1.82) is 0 Å². The van der Waals surface area contributed by atoms with Crippen molar-refractivity contribution >= 4 is 0 Å². The molecule has 0 nitrogen and oxygen atoms in total. The molecule has 0 atom stereocenters. The van der Waals surface area contributed by atoms with Gasteiger partial charge < -0.3 is 0 Å². The van der Waals surface area contributed by atoms with E-state index in [0.717, 1.165) is 11.1 Å². The van der Waals surface area contributed by atoms with Crippen LogP contribution in [0.3, 0.4) is 0 Å². The fraction of sp³-hybridized carbons (Fsp3) is 0.100. The third kappa shape index (κ3) is 2.37. The van der Waals surface area contributed by atoms with Gasteiger partial charge in [-0.15, -0.1) is 0 Å². The zero-order chi connectivity index (χ0) is 13.9. The Bertz CT molecular complexity index is 678. The third-order valence-corrected chi connectivity index (χ3v) is 3.67. The van der Waals surface area contributed by atoms with Crippen LogP contribution in [0.1, 0.15) is 11.1 Å². The summed E-state index contributed by atoms with van der Waals surface area (Å²) < 4.78 is 0. The van der Waals surface area contributed by atoms with E-state index in [1.165, 1.54) is 22.3 Å². The zero-order valence-electron chi connectivity index (χ0n) is 11.9. The van der Waals surface area contributed by atoms with E-state index in [1.807, 2.05) is 0 Å². The molecule has 0 aliphatic rings. The molecule has 0 heterocycles. The summed E-state index contributed by atoms with van der Waals surface area (Å²) in [7, 11) is 0. The molecule has 0 heteroatoms. The van der Waals surface area contributed by atoms with Gasteiger partial charge in [0.2, 0.25) is 0 Å². The van der Waals surface area contributed by atoms with Crippen LogP contribution in [0.2, 0.25) is 0 Å². The molecule has 0 aliphatic carbocycles. The van der Waals surface area contributed by atoms with Crippen molar-refractivity contribution in [1.82, 2.24) is 0 Å². The van der Waals surface area contributed by atoms with Gasteiger partial charge in [-0.25, -0.2) is 0 Å². The molecular weight excluding hydrogens is 240 g/mol. The van der Waals surface area contributed by atoms with E-state index in [0.29, 0.717) is 0 Å². The fourth-order valence-electron chi connectivity index (χ4n) is 2.53. The Labute approximate surface area is 120 Å². The Kier molecular flexibility index (Phi) is 3.39. The van der Waals surface area contributed by atoms with E-state index < -0.39 is 0 Å². The van der Waals surface area contributed by atoms with E-state index in [1.54, 1.807) is 0 Å². The van der Waals surface area contributed by atoms with Crippen LogP contribution >= 0.6 is 0 Å². The van der Waals surface area contributed by atoms with Gasteiger partial charge in [-0.05, 0) is 53.3 Å². The van der Waals surface area contributed by atoms with Gasteiger partial charge in [-0.3, -0.25) is 0 Å². The van der Waals surface area contributed by atoms with Gasteiger partial charge >= 0.3 is 0 Å². The van der Waals surface area contributed by atoms with Crippen LogP contribution < -0.4 is 0 Å². The summed E-state index contributed by atoms with van der Waals surface area (Å²) in [5.41, 5.74) is 7.38. The molecule has 1 radical (unpaired) electrons. The van der Waals surface area contributed by atoms with Crippen LogP contribution in [0.15, 0.2) is 66.7 Å². The van der Waals surface area contributed by atoms with E-state index in [-0.39, 0.29) is 0 Å². The molecule has 0 saturated heterocycles. The normalized spacial score (nSPS) is 10.5. The molecule has 0 spiro atoms. The lowest BCUT2D eigenvalue weighted by molar-refractivity contribution is 1.44. The lowest BCUT2D eigenvalue weighted by atomic mass is 9.95. The van der Waals surface area contributed by atoms with Gasteiger partial charge in [0.25, 0.3) is 0 Å². The number of benzene rings is 3. The first-order chi connectivity index (χ1) is 9.75. The summed E-state index contributed by atoms with van der Waals surface area (Å²) in [6.45, 7) is 4.28. The topological polar surface area (TPSA) is 0 Å². The van der Waals surface area contributed by atoms with Crippen molar-refractivity contribution < 1.29 is 0 Å². The van der Waals surface area contributed by atoms with Crippen molar-refractivity contribution in [2.75, 3.05) is 0 Å². The first-order valence-electron chi connectivity index (χ1n) is 6.90. The molecule has 0 amide bonds. The molecule has 3 aromatic rings. The van der Waals surface area contributed by atoms with Gasteiger partial charge in [0, 0.05) is 0 Å². The Hall–Kier alpha value is -2.34. The molecule has 0 N–H and O–H groups in total. The highest BCUT2D eigenvalue weighted by Gasteiger charge is 2.05. The zero-order valence-corrected chi connectivity index (χ0v) is 11.9. The average Bonchev–Trinajstić information content (AvgIpc) is 2.48. The summed E-state index contributed by atoms with van der Waals surface area (Å²) in [6.07, 6.45) is 0. The highest BCUT2D eigenvalue weighted by molar-refractivity contribution is 5.75. The van der Waals surface area contributed by atoms with Gasteiger partial charge in [0.1, 0.15) is 0 Å². The van der Waals surface area contributed by atoms with Crippen LogP contribution in [0.25, 0.3) is 22.3 Å². The molecule has 0 bridgehead atoms. The Balaban J connectivity index is 2.12. The highest BCUT2D eigenvalue weighted by Crippen LogP contribution is 2.29. The van der Waals surface area contributed by atoms with Gasteiger partial charge in [0.05, 0.1) is 0 Å². The van der Waals surface area contributed by atoms with Crippen LogP contribution in [-0.4, -0.2) is 0 Å². The maximum atomic E-state index is 3.56. The lowest BCUT2D eigenvalue weighted by Gasteiger charge is -2.09. The number of aryl methyl sites for hydroxylation is 2. The quantitative estimate of drug-likeness (QED) is 0.573. The molecule has 0 aliphatic heterocycles. The van der Waals surface area contributed by atoms with Crippen molar-refractivity contribution in [2.45, 2.75) is 13.8 Å². The summed E-state index contributed by atoms with van der Waals surface area (Å²) >= 11 is 0. The average molecular weight is 257 g/mol. The van der Waals surface area contributed by atoms with Gasteiger partial charge in [-0.1, -0.05) is 66.7 Å². The SMILES string of the molecule is Cc1ccccc1-c1[c]c(-c2ccccc2C)ccc1. The first kappa shape index (κ1) is 12.7. The van der Waals surface area contributed by atoms with Crippen LogP contribution in [0, 0.1) is 19.9 Å². The maximum Gasteiger partial charge on any atom is -0.00141 e. The van der Waals surface area contributed by atoms with Crippen molar-refractivity contribution in [3.8, 4) is 22.3 Å². The smallest absolute Gasteiger partial charge is 0.00141 e. The Morgan fingerprint density at radius 1 is 0.550 bits per heavy atom. The predicted molar refractivity (Wildman–Crippen MR) is 85.6 cm³/mol. The minimum Gasteiger partial charge on any atom is -0.0620 e. The third-order valence-electron chi connectivity index (χ3n) is 3.67. The molecule has 20 heavy (non-hydrogen) atoms. The molecule has 0 aromatic heterocycles. The van der Waals surface area contributed by atoms with Crippen LogP contribution in [0.4, 0.5) is 0 Å². The summed E-state index contributed by atoms with van der Waals surface area (Å²) in [5, 5.41) is 0. The number of rotatable bonds is 2. The molecule has 97 valence electrons. The molecule has 0 fully saturated rings. The summed E-state index contributed by atoms with van der Waals surface area (Å²) in [5.74, 6) is 0. The number of hydrogen-bond acceptors (Lipinski definition) is 0. The van der Waals surface area contributed by atoms with E-state index in [4.69, 9.17) is 0 Å².